The van der Waals surface area contributed by atoms with Crippen LogP contribution in [-0.2, 0) is 0 Å². The number of aliphatic hydroxyl groups excluding tert-OH is 1. The number of ether oxygens (including phenoxy) is 1. The zero-order valence-corrected chi connectivity index (χ0v) is 10.5. The molecule has 0 radical (unpaired) electrons. The maximum atomic E-state index is 10.4. The Bertz CT molecular complexity index is 551. The van der Waals surface area contributed by atoms with Gasteiger partial charge in [-0.15, -0.1) is 0 Å². The minimum absolute atomic E-state index is 0.0443. The summed E-state index contributed by atoms with van der Waals surface area (Å²) in [5, 5.41) is 11.1. The molecule has 1 heterocycles. The Hall–Kier alpha value is -1.51. The summed E-state index contributed by atoms with van der Waals surface area (Å²) in [6.45, 7) is 0.486. The molecule has 2 nitrogen and oxygen atoms in total. The summed E-state index contributed by atoms with van der Waals surface area (Å²) in [6.07, 6.45) is -0.531. The quantitative estimate of drug-likeness (QED) is 0.850. The number of fused-ring (bicyclic) bond motifs is 1. The van der Waals surface area contributed by atoms with Gasteiger partial charge in [-0.3, -0.25) is 0 Å². The van der Waals surface area contributed by atoms with Crippen LogP contribution >= 0.6 is 11.6 Å². The lowest BCUT2D eigenvalue weighted by molar-refractivity contribution is 0.0890. The topological polar surface area (TPSA) is 29.5 Å². The number of hydrogen-bond acceptors (Lipinski definition) is 2. The first-order valence-corrected chi connectivity index (χ1v) is 6.29. The SMILES string of the molecule is O[C@H]1c2ccccc2OC[C@@H]1c1ccc(Cl)cc1. The van der Waals surface area contributed by atoms with Crippen LogP contribution in [0.5, 0.6) is 5.75 Å². The van der Waals surface area contributed by atoms with Crippen molar-refractivity contribution >= 4 is 11.6 Å². The molecule has 18 heavy (non-hydrogen) atoms. The van der Waals surface area contributed by atoms with Crippen molar-refractivity contribution in [2.45, 2.75) is 12.0 Å². The maximum Gasteiger partial charge on any atom is 0.125 e. The third-order valence-corrected chi connectivity index (χ3v) is 3.59. The lowest BCUT2D eigenvalue weighted by Gasteiger charge is -2.30. The van der Waals surface area contributed by atoms with Crippen LogP contribution in [0.3, 0.4) is 0 Å². The molecule has 0 aromatic heterocycles. The van der Waals surface area contributed by atoms with E-state index in [1.807, 2.05) is 48.5 Å². The molecule has 3 rings (SSSR count). The van der Waals surface area contributed by atoms with Crippen molar-refractivity contribution in [2.24, 2.45) is 0 Å². The zero-order chi connectivity index (χ0) is 12.5. The second-order valence-corrected chi connectivity index (χ2v) is 4.89. The van der Waals surface area contributed by atoms with E-state index in [0.717, 1.165) is 16.9 Å². The molecule has 0 unspecified atom stereocenters. The van der Waals surface area contributed by atoms with Crippen molar-refractivity contribution in [3.63, 3.8) is 0 Å². The summed E-state index contributed by atoms with van der Waals surface area (Å²) in [7, 11) is 0. The molecule has 1 N–H and O–H groups in total. The Morgan fingerprint density at radius 2 is 1.78 bits per heavy atom. The molecule has 0 aliphatic carbocycles. The van der Waals surface area contributed by atoms with Gasteiger partial charge >= 0.3 is 0 Å². The summed E-state index contributed by atoms with van der Waals surface area (Å²) >= 11 is 5.87. The molecule has 2 aromatic rings. The fourth-order valence-corrected chi connectivity index (χ4v) is 2.46. The van der Waals surface area contributed by atoms with Crippen molar-refractivity contribution in [3.8, 4) is 5.75 Å². The van der Waals surface area contributed by atoms with E-state index in [-0.39, 0.29) is 5.92 Å². The average molecular weight is 261 g/mol. The highest BCUT2D eigenvalue weighted by molar-refractivity contribution is 6.30. The van der Waals surface area contributed by atoms with Gasteiger partial charge in [-0.2, -0.15) is 0 Å². The first-order chi connectivity index (χ1) is 8.75. The Morgan fingerprint density at radius 3 is 2.56 bits per heavy atom. The van der Waals surface area contributed by atoms with E-state index >= 15 is 0 Å². The van der Waals surface area contributed by atoms with Crippen LogP contribution < -0.4 is 4.74 Å². The molecule has 0 spiro atoms. The van der Waals surface area contributed by atoms with E-state index < -0.39 is 6.10 Å². The zero-order valence-electron chi connectivity index (χ0n) is 9.71. The van der Waals surface area contributed by atoms with Gasteiger partial charge in [-0.25, -0.2) is 0 Å². The van der Waals surface area contributed by atoms with Crippen LogP contribution in [0.2, 0.25) is 5.02 Å². The highest BCUT2D eigenvalue weighted by Crippen LogP contribution is 2.40. The molecule has 0 fully saturated rings. The lowest BCUT2D eigenvalue weighted by Crippen LogP contribution is -2.24. The molecule has 92 valence electrons. The van der Waals surface area contributed by atoms with Crippen molar-refractivity contribution in [1.29, 1.82) is 0 Å². The Labute approximate surface area is 111 Å². The largest absolute Gasteiger partial charge is 0.492 e. The van der Waals surface area contributed by atoms with Crippen LogP contribution in [-0.4, -0.2) is 11.7 Å². The minimum Gasteiger partial charge on any atom is -0.492 e. The summed E-state index contributed by atoms with van der Waals surface area (Å²) in [5.41, 5.74) is 1.89. The molecule has 0 amide bonds. The Morgan fingerprint density at radius 1 is 1.06 bits per heavy atom. The van der Waals surface area contributed by atoms with Gasteiger partial charge in [0.2, 0.25) is 0 Å². The second-order valence-electron chi connectivity index (χ2n) is 4.45. The van der Waals surface area contributed by atoms with Crippen molar-refractivity contribution in [2.75, 3.05) is 6.61 Å². The van der Waals surface area contributed by atoms with Gasteiger partial charge in [0.05, 0.1) is 12.7 Å². The van der Waals surface area contributed by atoms with Crippen molar-refractivity contribution < 1.29 is 9.84 Å². The molecule has 2 atom stereocenters. The summed E-state index contributed by atoms with van der Waals surface area (Å²) in [4.78, 5) is 0. The predicted molar refractivity (Wildman–Crippen MR) is 71.1 cm³/mol. The van der Waals surface area contributed by atoms with E-state index in [1.165, 1.54) is 0 Å². The standard InChI is InChI=1S/C15H13ClO2/c16-11-7-5-10(6-8-11)13-9-18-14-4-2-1-3-12(14)15(13)17/h1-8,13,15,17H,9H2/t13-,15+/m1/s1. The molecule has 3 heteroatoms. The number of hydrogen-bond donors (Lipinski definition) is 1. The second kappa shape index (κ2) is 4.63. The van der Waals surface area contributed by atoms with Crippen LogP contribution in [0.1, 0.15) is 23.1 Å². The van der Waals surface area contributed by atoms with E-state index in [9.17, 15) is 5.11 Å². The van der Waals surface area contributed by atoms with Crippen LogP contribution in [0.4, 0.5) is 0 Å². The summed E-state index contributed by atoms with van der Waals surface area (Å²) in [6, 6.07) is 15.2. The van der Waals surface area contributed by atoms with E-state index in [2.05, 4.69) is 0 Å². The monoisotopic (exact) mass is 260 g/mol. The summed E-state index contributed by atoms with van der Waals surface area (Å²) in [5.74, 6) is 0.729. The first-order valence-electron chi connectivity index (χ1n) is 5.91. The molecular weight excluding hydrogens is 248 g/mol. The van der Waals surface area contributed by atoms with Crippen LogP contribution in [0.25, 0.3) is 0 Å². The molecule has 2 aromatic carbocycles. The number of halogens is 1. The van der Waals surface area contributed by atoms with Crippen molar-refractivity contribution in [1.82, 2.24) is 0 Å². The smallest absolute Gasteiger partial charge is 0.125 e. The molecule has 0 saturated carbocycles. The Balaban J connectivity index is 1.95. The van der Waals surface area contributed by atoms with Gasteiger partial charge in [-0.05, 0) is 23.8 Å². The fraction of sp³-hybridized carbons (Fsp3) is 0.200. The van der Waals surface area contributed by atoms with Crippen LogP contribution in [0.15, 0.2) is 48.5 Å². The van der Waals surface area contributed by atoms with E-state index in [1.54, 1.807) is 0 Å². The maximum absolute atomic E-state index is 10.4. The number of aliphatic hydroxyl groups is 1. The summed E-state index contributed by atoms with van der Waals surface area (Å²) < 4.78 is 5.70. The molecule has 1 aliphatic rings. The lowest BCUT2D eigenvalue weighted by atomic mass is 9.87. The van der Waals surface area contributed by atoms with Gasteiger partial charge in [0.15, 0.2) is 0 Å². The fourth-order valence-electron chi connectivity index (χ4n) is 2.33. The predicted octanol–water partition coefficient (Wildman–Crippen LogP) is 3.55. The van der Waals surface area contributed by atoms with E-state index in [4.69, 9.17) is 16.3 Å². The van der Waals surface area contributed by atoms with Crippen molar-refractivity contribution in [3.05, 3.63) is 64.7 Å². The normalized spacial score (nSPS) is 22.1. The van der Waals surface area contributed by atoms with E-state index in [0.29, 0.717) is 11.6 Å². The Kier molecular flexibility index (Phi) is 2.98. The van der Waals surface area contributed by atoms with Gasteiger partial charge in [0.1, 0.15) is 5.75 Å². The number of rotatable bonds is 1. The number of benzene rings is 2. The minimum atomic E-state index is -0.531. The van der Waals surface area contributed by atoms with Gasteiger partial charge in [0, 0.05) is 16.5 Å². The van der Waals surface area contributed by atoms with Gasteiger partial charge < -0.3 is 9.84 Å². The molecule has 1 aliphatic heterocycles. The average Bonchev–Trinajstić information content (AvgIpc) is 2.41. The third kappa shape index (κ3) is 1.98. The molecule has 0 saturated heterocycles. The first kappa shape index (κ1) is 11.6. The highest BCUT2D eigenvalue weighted by atomic mass is 35.5. The highest BCUT2D eigenvalue weighted by Gasteiger charge is 2.30. The van der Waals surface area contributed by atoms with Crippen LogP contribution in [0, 0.1) is 0 Å². The van der Waals surface area contributed by atoms with Gasteiger partial charge in [0.25, 0.3) is 0 Å². The number of para-hydroxylation sites is 1. The molecule has 0 bridgehead atoms. The molecular formula is C15H13ClO2. The third-order valence-electron chi connectivity index (χ3n) is 3.34. The van der Waals surface area contributed by atoms with Gasteiger partial charge in [-0.1, -0.05) is 41.9 Å².